The molecule has 50 heteroatoms. The van der Waals surface area contributed by atoms with Crippen molar-refractivity contribution in [3.63, 3.8) is 0 Å². The molecule has 0 bridgehead atoms. The average molecular weight is 1480 g/mol. The van der Waals surface area contributed by atoms with E-state index in [1.807, 2.05) is 0 Å². The number of alkyl carbamates (subject to hydrolysis) is 2. The number of aromatic nitrogens is 8. The number of phosphoric acid groups is 4. The van der Waals surface area contributed by atoms with Crippen LogP contribution >= 0.6 is 54.8 Å². The molecule has 4 aromatic rings. The number of carbonyl (C=O) groups is 6. The number of ether oxygens (including phenoxy) is 4. The lowest BCUT2D eigenvalue weighted by Gasteiger charge is -2.22. The normalized spacial score (nSPS) is 28.0. The van der Waals surface area contributed by atoms with Crippen molar-refractivity contribution in [2.45, 2.75) is 135 Å². The number of nitrogen functional groups attached to an aromatic ring is 2. The number of unbranched alkanes of at least 4 members (excludes halogenated alkanes) is 2. The Bertz CT molecular complexity index is 3650. The van der Waals surface area contributed by atoms with Crippen LogP contribution in [-0.2, 0) is 64.5 Å². The van der Waals surface area contributed by atoms with Crippen molar-refractivity contribution < 1.29 is 123 Å². The van der Waals surface area contributed by atoms with Gasteiger partial charge >= 0.3 is 55.5 Å². The molecule has 20 N–H and O–H groups in total. The first-order valence-electron chi connectivity index (χ1n) is 29.2. The third-order valence-corrected chi connectivity index (χ3v) is 22.6. The van der Waals surface area contributed by atoms with Gasteiger partial charge in [0.05, 0.1) is 50.0 Å². The standard InChI is InChI=1S/2C23H35N9O13P2S/c24-19-16-20(28-9-27-19)32(10-29-16)21-17(34)18(12(43-21)7-42-47(40,41)45-46(37,38)39)44-23(36)26-6-5-25-14(33)4-2-1-3-13-15-11(8-48-13)30-22(35)31-15;24-19-16-20(28-9-27-19)32(10-29-16)21-18(17(34)12(43-21)7-42-47(40,41)45-46(37,38)39)44-23(36)26-6-5-25-14(33)4-2-1-3-13-15-11(8-48-13)30-22(35)31-15/h2*9-13,15,17-18,21,34H,1-8H2,(H,25,33)(H,26,36)(H,40,41)(H2,24,27,28)(H2,30,31,35)(H2,37,38,39)/t2*11-,12+,13-,15-,17+,18+,21+/m00/s1. The second-order valence-corrected chi connectivity index (χ2v) is 30.2. The highest BCUT2D eigenvalue weighted by Crippen LogP contribution is 2.59. The Balaban J connectivity index is 0.000000225. The summed E-state index contributed by atoms with van der Waals surface area (Å²) in [6, 6.07) is 0.203. The summed E-state index contributed by atoms with van der Waals surface area (Å²) in [7, 11) is -21.5. The van der Waals surface area contributed by atoms with Gasteiger partial charge in [0.15, 0.2) is 47.6 Å². The van der Waals surface area contributed by atoms with Gasteiger partial charge in [-0.25, -0.2) is 67.3 Å². The molecule has 6 fully saturated rings. The molecule has 96 heavy (non-hydrogen) atoms. The number of carbonyl (C=O) groups excluding carboxylic acids is 6. The van der Waals surface area contributed by atoms with Gasteiger partial charge in [-0.1, -0.05) is 12.8 Å². The van der Waals surface area contributed by atoms with E-state index in [1.54, 1.807) is 23.5 Å². The number of imidazole rings is 2. The summed E-state index contributed by atoms with van der Waals surface area (Å²) < 4.78 is 87.5. The summed E-state index contributed by atoms with van der Waals surface area (Å²) in [4.78, 5) is 152. The largest absolute Gasteiger partial charge is 0.481 e. The predicted octanol–water partition coefficient (Wildman–Crippen LogP) is -2.34. The van der Waals surface area contributed by atoms with E-state index in [0.29, 0.717) is 23.3 Å². The molecule has 44 nitrogen and oxygen atoms in total. The summed E-state index contributed by atoms with van der Waals surface area (Å²) in [5.74, 6) is 1.34. The second kappa shape index (κ2) is 32.2. The lowest BCUT2D eigenvalue weighted by atomic mass is 10.0. The molecule has 10 rings (SSSR count). The number of nitrogens with one attached hydrogen (secondary N) is 8. The minimum absolute atomic E-state index is 0.0211. The van der Waals surface area contributed by atoms with Gasteiger partial charge in [-0.05, 0) is 25.7 Å². The first-order valence-corrected chi connectivity index (χ1v) is 37.4. The molecule has 8 amide bonds. The zero-order chi connectivity index (χ0) is 69.3. The number of fused-ring (bicyclic) bond motifs is 4. The van der Waals surface area contributed by atoms with Crippen molar-refractivity contribution in [1.29, 1.82) is 0 Å². The zero-order valence-electron chi connectivity index (χ0n) is 50.0. The summed E-state index contributed by atoms with van der Waals surface area (Å²) >= 11 is 3.60. The van der Waals surface area contributed by atoms with Gasteiger partial charge in [0.25, 0.3) is 0 Å². The van der Waals surface area contributed by atoms with Gasteiger partial charge in [-0.15, -0.1) is 0 Å². The van der Waals surface area contributed by atoms with Gasteiger partial charge in [-0.2, -0.15) is 32.1 Å². The van der Waals surface area contributed by atoms with Crippen LogP contribution in [0.1, 0.15) is 63.8 Å². The highest BCUT2D eigenvalue weighted by Gasteiger charge is 2.52. The van der Waals surface area contributed by atoms with Crippen molar-refractivity contribution >= 4 is 125 Å². The number of phosphoric ester groups is 2. The van der Waals surface area contributed by atoms with Crippen LogP contribution < -0.4 is 54.0 Å². The van der Waals surface area contributed by atoms with Gasteiger partial charge < -0.3 is 113 Å². The quantitative estimate of drug-likeness (QED) is 0.0148. The number of anilines is 2. The predicted molar refractivity (Wildman–Crippen MR) is 328 cm³/mol. The van der Waals surface area contributed by atoms with Crippen LogP contribution in [0.4, 0.5) is 30.8 Å². The number of nitrogens with zero attached hydrogens (tertiary/aromatic N) is 8. The Labute approximate surface area is 550 Å². The van der Waals surface area contributed by atoms with Gasteiger partial charge in [-0.3, -0.25) is 27.8 Å². The molecule has 10 heterocycles. The molecule has 6 aliphatic rings. The summed E-state index contributed by atoms with van der Waals surface area (Å²) in [6.07, 6.45) is -4.19. The maximum Gasteiger partial charge on any atom is 0.481 e. The highest BCUT2D eigenvalue weighted by molar-refractivity contribution is 8.00. The molecular weight excluding hydrogens is 1410 g/mol. The van der Waals surface area contributed by atoms with Crippen LogP contribution in [0.5, 0.6) is 0 Å². The number of rotatable bonds is 30. The lowest BCUT2D eigenvalue weighted by Crippen LogP contribution is -2.42. The van der Waals surface area contributed by atoms with Crippen LogP contribution in [0, 0.1) is 0 Å². The van der Waals surface area contributed by atoms with Crippen molar-refractivity contribution in [3.05, 3.63) is 25.3 Å². The monoisotopic (exact) mass is 1480 g/mol. The third kappa shape index (κ3) is 20.0. The Morgan fingerprint density at radius 1 is 0.573 bits per heavy atom. The van der Waals surface area contributed by atoms with Crippen molar-refractivity contribution in [3.8, 4) is 0 Å². The van der Waals surface area contributed by atoms with E-state index < -0.39 is 106 Å². The van der Waals surface area contributed by atoms with E-state index in [0.717, 1.165) is 49.8 Å². The minimum Gasteiger partial charge on any atom is -0.440 e. The van der Waals surface area contributed by atoms with E-state index >= 15 is 0 Å². The smallest absolute Gasteiger partial charge is 0.440 e. The zero-order valence-corrected chi connectivity index (χ0v) is 55.2. The number of thioether (sulfide) groups is 2. The number of amides is 8. The fourth-order valence-corrected chi connectivity index (χ4v) is 17.3. The number of nitrogens with two attached hydrogens (primary N) is 2. The number of urea groups is 2. The number of aliphatic hydroxyl groups excluding tert-OH is 2. The molecule has 6 saturated heterocycles. The Kier molecular flexibility index (Phi) is 24.8. The van der Waals surface area contributed by atoms with E-state index in [2.05, 4.69) is 90.1 Å². The second-order valence-electron chi connectivity index (χ2n) is 22.0. The average Bonchev–Trinajstić information content (AvgIpc) is 1.63. The molecule has 532 valence electrons. The molecule has 0 aliphatic carbocycles. The molecule has 0 saturated carbocycles. The number of hydrogen-bond acceptors (Lipinski definition) is 30. The van der Waals surface area contributed by atoms with E-state index in [1.165, 1.54) is 21.8 Å². The van der Waals surface area contributed by atoms with Crippen molar-refractivity contribution in [2.24, 2.45) is 0 Å². The fourth-order valence-electron chi connectivity index (χ4n) is 11.0. The summed E-state index contributed by atoms with van der Waals surface area (Å²) in [6.45, 7) is -1.81. The molecule has 6 aliphatic heterocycles. The summed E-state index contributed by atoms with van der Waals surface area (Å²) in [5.41, 5.74) is 12.2. The van der Waals surface area contributed by atoms with Gasteiger partial charge in [0, 0.05) is 61.0 Å². The molecule has 0 aromatic carbocycles. The molecule has 2 unspecified atom stereocenters. The molecule has 0 spiro atoms. The van der Waals surface area contributed by atoms with Crippen LogP contribution in [0.25, 0.3) is 22.3 Å². The first kappa shape index (κ1) is 74.0. The Morgan fingerprint density at radius 3 is 1.47 bits per heavy atom. The third-order valence-electron chi connectivity index (χ3n) is 15.2. The van der Waals surface area contributed by atoms with E-state index in [-0.39, 0.29) is 121 Å². The SMILES string of the molecule is Nc1ncnc2c1ncn2[C@@H]1O[C@H](COP(=O)(O)OP(=O)(O)O)[C@@H](O)[C@H]1OC(=O)NCCNC(=O)CCCC[C@@H]1SC[C@@H]2NC(=O)N[C@@H]21.Nc1ncnc2c1ncn2[C@@H]1O[C@H](COP(=O)(O)OP(=O)(O)O)[C@@H](OC(=O)NCCNC(=O)CCCC[C@@H]2SC[C@@H]3NC(=O)N[C@@H]32)[C@H]1O. The van der Waals surface area contributed by atoms with Gasteiger partial charge in [0.1, 0.15) is 48.1 Å². The number of aliphatic hydroxyl groups is 2. The van der Waals surface area contributed by atoms with Crippen molar-refractivity contribution in [1.82, 2.24) is 81.6 Å². The Hall–Kier alpha value is -6.22. The number of hydrogen-bond donors (Lipinski definition) is 18. The fraction of sp³-hybridized carbons (Fsp3) is 0.652. The molecule has 16 atom stereocenters. The maximum atomic E-state index is 12.7. The first-order chi connectivity index (χ1) is 45.4. The van der Waals surface area contributed by atoms with Crippen LogP contribution in [0.2, 0.25) is 0 Å². The molecular formula is C46H70N18O26P4S2. The van der Waals surface area contributed by atoms with E-state index in [4.69, 9.17) is 50.0 Å². The minimum atomic E-state index is -5.43. The van der Waals surface area contributed by atoms with Gasteiger partial charge in [0.2, 0.25) is 11.8 Å². The Morgan fingerprint density at radius 2 is 1.00 bits per heavy atom. The molecule has 4 aromatic heterocycles. The lowest BCUT2D eigenvalue weighted by molar-refractivity contribution is -0.122. The van der Waals surface area contributed by atoms with E-state index in [9.17, 15) is 67.0 Å². The van der Waals surface area contributed by atoms with Crippen LogP contribution in [0.3, 0.4) is 0 Å². The maximum absolute atomic E-state index is 12.7. The van der Waals surface area contributed by atoms with Crippen molar-refractivity contribution in [2.75, 3.05) is 62.4 Å². The van der Waals surface area contributed by atoms with Crippen LogP contribution in [0.15, 0.2) is 25.3 Å². The molecule has 0 radical (unpaired) electrons. The summed E-state index contributed by atoms with van der Waals surface area (Å²) in [5, 5.41) is 44.5. The topological polar surface area (TPSA) is 642 Å². The highest BCUT2D eigenvalue weighted by atomic mass is 32.2. The van der Waals surface area contributed by atoms with Crippen LogP contribution in [-0.4, -0.2) is 237 Å².